The van der Waals surface area contributed by atoms with E-state index in [0.29, 0.717) is 30.3 Å². The lowest BCUT2D eigenvalue weighted by molar-refractivity contribution is 0.0929. The molecule has 1 amide bonds. The third kappa shape index (κ3) is 4.49. The minimum atomic E-state index is -0.422. The van der Waals surface area contributed by atoms with E-state index < -0.39 is 5.91 Å². The average molecular weight is 431 g/mol. The van der Waals surface area contributed by atoms with Gasteiger partial charge in [-0.05, 0) is 54.0 Å². The largest absolute Gasteiger partial charge is 0.490 e. The molecule has 140 valence electrons. The first kappa shape index (κ1) is 19.0. The number of furan rings is 1. The monoisotopic (exact) mass is 430 g/mol. The van der Waals surface area contributed by atoms with E-state index in [-0.39, 0.29) is 5.76 Å². The van der Waals surface area contributed by atoms with Crippen LogP contribution in [0.25, 0.3) is 11.0 Å². The molecule has 0 radical (unpaired) electrons. The van der Waals surface area contributed by atoms with Crippen molar-refractivity contribution in [1.29, 1.82) is 0 Å². The highest BCUT2D eigenvalue weighted by Crippen LogP contribution is 2.33. The van der Waals surface area contributed by atoms with Gasteiger partial charge in [0.2, 0.25) is 0 Å². The number of rotatable bonds is 7. The van der Waals surface area contributed by atoms with Gasteiger partial charge in [0.15, 0.2) is 17.3 Å². The predicted molar refractivity (Wildman–Crippen MR) is 108 cm³/mol. The van der Waals surface area contributed by atoms with Gasteiger partial charge in [-0.2, -0.15) is 5.10 Å². The second-order valence-corrected chi connectivity index (χ2v) is 6.39. The van der Waals surface area contributed by atoms with Crippen molar-refractivity contribution in [2.24, 2.45) is 5.10 Å². The summed E-state index contributed by atoms with van der Waals surface area (Å²) >= 11 is 3.48. The van der Waals surface area contributed by atoms with Crippen LogP contribution in [0.3, 0.4) is 0 Å². The maximum absolute atomic E-state index is 12.2. The molecule has 2 aromatic carbocycles. The summed E-state index contributed by atoms with van der Waals surface area (Å²) < 4.78 is 17.5. The molecule has 0 spiro atoms. The summed E-state index contributed by atoms with van der Waals surface area (Å²) in [6.45, 7) is 4.86. The molecule has 0 unspecified atom stereocenters. The van der Waals surface area contributed by atoms with Gasteiger partial charge in [0, 0.05) is 15.4 Å². The van der Waals surface area contributed by atoms with Crippen LogP contribution in [-0.4, -0.2) is 25.3 Å². The van der Waals surface area contributed by atoms with E-state index in [1.807, 2.05) is 44.2 Å². The Labute approximate surface area is 165 Å². The van der Waals surface area contributed by atoms with Gasteiger partial charge in [-0.3, -0.25) is 4.79 Å². The van der Waals surface area contributed by atoms with Crippen LogP contribution in [-0.2, 0) is 0 Å². The molecule has 3 rings (SSSR count). The Kier molecular flexibility index (Phi) is 6.13. The maximum Gasteiger partial charge on any atom is 0.307 e. The van der Waals surface area contributed by atoms with Gasteiger partial charge in [0.25, 0.3) is 0 Å². The number of ether oxygens (including phenoxy) is 2. The molecule has 3 aromatic rings. The van der Waals surface area contributed by atoms with E-state index in [0.717, 1.165) is 15.4 Å². The minimum absolute atomic E-state index is 0.203. The number of para-hydroxylation sites is 1. The maximum atomic E-state index is 12.2. The van der Waals surface area contributed by atoms with Crippen LogP contribution in [0.2, 0.25) is 0 Å². The number of hydrazone groups is 1. The molecular weight excluding hydrogens is 412 g/mol. The van der Waals surface area contributed by atoms with E-state index in [2.05, 4.69) is 26.5 Å². The molecule has 1 heterocycles. The Morgan fingerprint density at radius 2 is 1.85 bits per heavy atom. The van der Waals surface area contributed by atoms with Crippen molar-refractivity contribution >= 4 is 39.0 Å². The number of hydrogen-bond acceptors (Lipinski definition) is 5. The molecule has 0 aliphatic rings. The fourth-order valence-electron chi connectivity index (χ4n) is 2.50. The molecule has 0 atom stereocenters. The van der Waals surface area contributed by atoms with Crippen LogP contribution in [0, 0.1) is 0 Å². The summed E-state index contributed by atoms with van der Waals surface area (Å²) in [6, 6.07) is 12.7. The molecule has 27 heavy (non-hydrogen) atoms. The standard InChI is InChI=1S/C20H19BrN2O4/c1-3-25-17-10-14(15(21)11-18(17)26-4-2)12-22-23-20(24)19-9-13-7-5-6-8-16(13)27-19/h5-12H,3-4H2,1-2H3,(H,23,24)/b22-12+. The number of fused-ring (bicyclic) bond motifs is 1. The summed E-state index contributed by atoms with van der Waals surface area (Å²) in [5.74, 6) is 1.05. The molecule has 0 aliphatic heterocycles. The van der Waals surface area contributed by atoms with E-state index in [9.17, 15) is 4.79 Å². The normalized spacial score (nSPS) is 11.1. The van der Waals surface area contributed by atoms with Gasteiger partial charge in [-0.15, -0.1) is 0 Å². The Hall–Kier alpha value is -2.80. The number of nitrogens with one attached hydrogen (secondary N) is 1. The Morgan fingerprint density at radius 3 is 2.56 bits per heavy atom. The van der Waals surface area contributed by atoms with Gasteiger partial charge in [-0.25, -0.2) is 5.43 Å². The second-order valence-electron chi connectivity index (χ2n) is 5.53. The van der Waals surface area contributed by atoms with Crippen LogP contribution in [0.1, 0.15) is 30.0 Å². The van der Waals surface area contributed by atoms with Gasteiger partial charge in [-0.1, -0.05) is 18.2 Å². The Bertz CT molecular complexity index is 948. The van der Waals surface area contributed by atoms with Crippen LogP contribution in [0.5, 0.6) is 11.5 Å². The summed E-state index contributed by atoms with van der Waals surface area (Å²) in [7, 11) is 0. The molecule has 1 aromatic heterocycles. The summed E-state index contributed by atoms with van der Waals surface area (Å²) in [4.78, 5) is 12.2. The highest BCUT2D eigenvalue weighted by atomic mass is 79.9. The quantitative estimate of drug-likeness (QED) is 0.433. The first-order valence-corrected chi connectivity index (χ1v) is 9.32. The predicted octanol–water partition coefficient (Wildman–Crippen LogP) is 4.76. The molecule has 7 heteroatoms. The zero-order valence-electron chi connectivity index (χ0n) is 15.0. The number of amides is 1. The highest BCUT2D eigenvalue weighted by Gasteiger charge is 2.12. The molecule has 0 aliphatic carbocycles. The van der Waals surface area contributed by atoms with Crippen molar-refractivity contribution in [3.05, 3.63) is 58.3 Å². The number of benzene rings is 2. The highest BCUT2D eigenvalue weighted by molar-refractivity contribution is 9.10. The molecule has 0 fully saturated rings. The fraction of sp³-hybridized carbons (Fsp3) is 0.200. The van der Waals surface area contributed by atoms with Crippen molar-refractivity contribution in [2.75, 3.05) is 13.2 Å². The summed E-state index contributed by atoms with van der Waals surface area (Å²) in [6.07, 6.45) is 1.53. The zero-order chi connectivity index (χ0) is 19.2. The van der Waals surface area contributed by atoms with Crippen LogP contribution in [0.4, 0.5) is 0 Å². The Balaban J connectivity index is 1.75. The van der Waals surface area contributed by atoms with E-state index in [4.69, 9.17) is 13.9 Å². The third-order valence-corrected chi connectivity index (χ3v) is 4.37. The zero-order valence-corrected chi connectivity index (χ0v) is 16.6. The van der Waals surface area contributed by atoms with E-state index in [1.54, 1.807) is 12.1 Å². The average Bonchev–Trinajstić information content (AvgIpc) is 3.09. The SMILES string of the molecule is CCOc1cc(Br)c(/C=N/NC(=O)c2cc3ccccc3o2)cc1OCC. The molecule has 0 saturated carbocycles. The third-order valence-electron chi connectivity index (χ3n) is 3.68. The molecule has 0 saturated heterocycles. The molecule has 1 N–H and O–H groups in total. The van der Waals surface area contributed by atoms with Crippen molar-refractivity contribution in [1.82, 2.24) is 5.43 Å². The number of carbonyl (C=O) groups is 1. The van der Waals surface area contributed by atoms with Crippen LogP contribution >= 0.6 is 15.9 Å². The second kappa shape index (κ2) is 8.73. The Morgan fingerprint density at radius 1 is 1.15 bits per heavy atom. The van der Waals surface area contributed by atoms with Crippen molar-refractivity contribution < 1.29 is 18.7 Å². The fourth-order valence-corrected chi connectivity index (χ4v) is 2.92. The number of carbonyl (C=O) groups excluding carboxylic acids is 1. The minimum Gasteiger partial charge on any atom is -0.490 e. The molecule has 6 nitrogen and oxygen atoms in total. The van der Waals surface area contributed by atoms with Crippen LogP contribution in [0.15, 0.2) is 56.5 Å². The summed E-state index contributed by atoms with van der Waals surface area (Å²) in [5, 5.41) is 4.88. The topological polar surface area (TPSA) is 73.1 Å². The molecular formula is C20H19BrN2O4. The number of halogens is 1. The van der Waals surface area contributed by atoms with Crippen molar-refractivity contribution in [3.8, 4) is 11.5 Å². The van der Waals surface area contributed by atoms with E-state index >= 15 is 0 Å². The first-order chi connectivity index (χ1) is 13.1. The molecule has 0 bridgehead atoms. The van der Waals surface area contributed by atoms with E-state index in [1.165, 1.54) is 6.21 Å². The van der Waals surface area contributed by atoms with Crippen molar-refractivity contribution in [3.63, 3.8) is 0 Å². The smallest absolute Gasteiger partial charge is 0.307 e. The number of nitrogens with zero attached hydrogens (tertiary/aromatic N) is 1. The van der Waals surface area contributed by atoms with Gasteiger partial charge in [0.1, 0.15) is 5.58 Å². The summed E-state index contributed by atoms with van der Waals surface area (Å²) in [5.41, 5.74) is 3.87. The van der Waals surface area contributed by atoms with Gasteiger partial charge < -0.3 is 13.9 Å². The van der Waals surface area contributed by atoms with Crippen molar-refractivity contribution in [2.45, 2.75) is 13.8 Å². The first-order valence-electron chi connectivity index (χ1n) is 8.53. The number of hydrogen-bond donors (Lipinski definition) is 1. The lowest BCUT2D eigenvalue weighted by Crippen LogP contribution is -2.16. The lowest BCUT2D eigenvalue weighted by atomic mass is 10.2. The van der Waals surface area contributed by atoms with Gasteiger partial charge in [0.05, 0.1) is 19.4 Å². The lowest BCUT2D eigenvalue weighted by Gasteiger charge is -2.12. The van der Waals surface area contributed by atoms with Gasteiger partial charge >= 0.3 is 5.91 Å². The van der Waals surface area contributed by atoms with Crippen LogP contribution < -0.4 is 14.9 Å².